The lowest BCUT2D eigenvalue weighted by molar-refractivity contribution is -0.129. The van der Waals surface area contributed by atoms with Crippen molar-refractivity contribution >= 4 is 29.0 Å². The molecular weight excluding hydrogens is 396 g/mol. The molecular formula is C19H20N4O3S2. The number of carbonyl (C=O) groups excluding carboxylic acids is 1. The maximum absolute atomic E-state index is 12.6. The minimum absolute atomic E-state index is 0.0254. The number of thiophene rings is 1. The molecule has 146 valence electrons. The topological polar surface area (TPSA) is 80.3 Å². The molecule has 0 aliphatic carbocycles. The quantitative estimate of drug-likeness (QED) is 0.595. The number of aromatic amines is 1. The van der Waals surface area contributed by atoms with E-state index < -0.39 is 0 Å². The normalized spacial score (nSPS) is 15.4. The lowest BCUT2D eigenvalue weighted by atomic mass is 10.2. The van der Waals surface area contributed by atoms with Gasteiger partial charge in [-0.25, -0.2) is 4.98 Å². The summed E-state index contributed by atoms with van der Waals surface area (Å²) >= 11 is 2.92. The third-order valence-corrected chi connectivity index (χ3v) is 5.98. The summed E-state index contributed by atoms with van der Waals surface area (Å²) in [6.07, 6.45) is -0.183. The first-order valence-corrected chi connectivity index (χ1v) is 10.8. The first-order chi connectivity index (χ1) is 13.7. The fraction of sp³-hybridized carbons (Fsp3) is 0.316. The van der Waals surface area contributed by atoms with Crippen molar-refractivity contribution in [1.29, 1.82) is 0 Å². The summed E-state index contributed by atoms with van der Waals surface area (Å²) in [5.74, 6) is 2.49. The van der Waals surface area contributed by atoms with Gasteiger partial charge in [-0.05, 0) is 30.5 Å². The first kappa shape index (κ1) is 18.8. The third-order valence-electron chi connectivity index (χ3n) is 4.27. The number of hydrogen-bond donors (Lipinski definition) is 1. The number of benzene rings is 1. The summed E-state index contributed by atoms with van der Waals surface area (Å²) in [5.41, 5.74) is 0. The Bertz CT molecular complexity index is 929. The first-order valence-electron chi connectivity index (χ1n) is 8.98. The Labute approximate surface area is 171 Å². The van der Waals surface area contributed by atoms with Crippen molar-refractivity contribution < 1.29 is 14.3 Å². The van der Waals surface area contributed by atoms with Crippen LogP contribution in [0.5, 0.6) is 11.5 Å². The smallest absolute Gasteiger partial charge is 0.233 e. The maximum atomic E-state index is 12.6. The van der Waals surface area contributed by atoms with Crippen LogP contribution in [-0.4, -0.2) is 57.5 Å². The molecule has 0 saturated carbocycles. The van der Waals surface area contributed by atoms with E-state index in [4.69, 9.17) is 9.47 Å². The van der Waals surface area contributed by atoms with Crippen LogP contribution in [0.25, 0.3) is 10.7 Å². The van der Waals surface area contributed by atoms with Gasteiger partial charge in [-0.1, -0.05) is 30.0 Å². The number of para-hydroxylation sites is 2. The molecule has 0 spiro atoms. The summed E-state index contributed by atoms with van der Waals surface area (Å²) in [6.45, 7) is 3.48. The Morgan fingerprint density at radius 1 is 1.32 bits per heavy atom. The molecule has 4 rings (SSSR count). The number of H-pyrrole nitrogens is 1. The van der Waals surface area contributed by atoms with Crippen LogP contribution in [0.3, 0.4) is 0 Å². The van der Waals surface area contributed by atoms with Crippen LogP contribution >= 0.6 is 23.1 Å². The standard InChI is InChI=1S/C19H20N4O3S2/c1-2-23(10-13-11-25-14-6-3-4-7-15(14)26-13)17(24)12-28-19-20-18(21-22-19)16-8-5-9-27-16/h3-9,13H,2,10-12H2,1H3,(H,20,21,22)/t13-/m1/s1. The van der Waals surface area contributed by atoms with Gasteiger partial charge < -0.3 is 14.4 Å². The molecule has 0 saturated heterocycles. The molecule has 1 aromatic carbocycles. The second-order valence-electron chi connectivity index (χ2n) is 6.16. The molecule has 28 heavy (non-hydrogen) atoms. The number of nitrogens with one attached hydrogen (secondary N) is 1. The minimum atomic E-state index is -0.183. The van der Waals surface area contributed by atoms with Crippen LogP contribution in [0.2, 0.25) is 0 Å². The molecule has 1 atom stereocenters. The van der Waals surface area contributed by atoms with Crippen molar-refractivity contribution in [1.82, 2.24) is 20.1 Å². The molecule has 0 unspecified atom stereocenters. The fourth-order valence-corrected chi connectivity index (χ4v) is 4.22. The van der Waals surface area contributed by atoms with Crippen molar-refractivity contribution in [2.45, 2.75) is 18.2 Å². The predicted octanol–water partition coefficient (Wildman–Crippen LogP) is 3.31. The zero-order chi connectivity index (χ0) is 19.3. The number of likely N-dealkylation sites (N-methyl/N-ethyl adjacent to an activating group) is 1. The van der Waals surface area contributed by atoms with E-state index in [-0.39, 0.29) is 17.8 Å². The van der Waals surface area contributed by atoms with Crippen LogP contribution in [0, 0.1) is 0 Å². The zero-order valence-corrected chi connectivity index (χ0v) is 17.0. The SMILES string of the molecule is CCN(C[C@@H]1COc2ccccc2O1)C(=O)CSc1n[nH]c(-c2cccs2)n1. The van der Waals surface area contributed by atoms with Gasteiger partial charge in [0.05, 0.1) is 17.2 Å². The van der Waals surface area contributed by atoms with Crippen molar-refractivity contribution in [3.8, 4) is 22.2 Å². The molecule has 1 N–H and O–H groups in total. The Morgan fingerprint density at radius 3 is 2.96 bits per heavy atom. The van der Waals surface area contributed by atoms with Gasteiger partial charge in [0.15, 0.2) is 23.4 Å². The molecule has 1 amide bonds. The monoisotopic (exact) mass is 416 g/mol. The van der Waals surface area contributed by atoms with E-state index in [1.54, 1.807) is 16.2 Å². The fourth-order valence-electron chi connectivity index (χ4n) is 2.86. The number of hydrogen-bond acceptors (Lipinski definition) is 7. The number of nitrogens with zero attached hydrogens (tertiary/aromatic N) is 3. The largest absolute Gasteiger partial charge is 0.486 e. The molecule has 3 aromatic rings. The Kier molecular flexibility index (Phi) is 5.82. The van der Waals surface area contributed by atoms with Gasteiger partial charge >= 0.3 is 0 Å². The van der Waals surface area contributed by atoms with Crippen LogP contribution in [-0.2, 0) is 4.79 Å². The molecule has 3 heterocycles. The molecule has 2 aromatic heterocycles. The lowest BCUT2D eigenvalue weighted by Gasteiger charge is -2.30. The van der Waals surface area contributed by atoms with Gasteiger partial charge in [-0.2, -0.15) is 0 Å². The number of thioether (sulfide) groups is 1. The van der Waals surface area contributed by atoms with Gasteiger partial charge in [-0.3, -0.25) is 9.89 Å². The summed E-state index contributed by atoms with van der Waals surface area (Å²) in [7, 11) is 0. The molecule has 9 heteroatoms. The number of fused-ring (bicyclic) bond motifs is 1. The Hall–Kier alpha value is -2.52. The van der Waals surface area contributed by atoms with E-state index in [0.29, 0.717) is 24.9 Å². The zero-order valence-electron chi connectivity index (χ0n) is 15.3. The minimum Gasteiger partial charge on any atom is -0.486 e. The number of aromatic nitrogens is 3. The van der Waals surface area contributed by atoms with Gasteiger partial charge in [-0.15, -0.1) is 16.4 Å². The Morgan fingerprint density at radius 2 is 2.18 bits per heavy atom. The molecule has 0 bridgehead atoms. The molecule has 0 radical (unpaired) electrons. The van der Waals surface area contributed by atoms with Crippen molar-refractivity contribution in [2.75, 3.05) is 25.4 Å². The van der Waals surface area contributed by atoms with Gasteiger partial charge in [0.25, 0.3) is 0 Å². The highest BCUT2D eigenvalue weighted by Gasteiger charge is 2.25. The average Bonchev–Trinajstić information content (AvgIpc) is 3.41. The summed E-state index contributed by atoms with van der Waals surface area (Å²) < 4.78 is 11.7. The number of ether oxygens (including phenoxy) is 2. The molecule has 7 nitrogen and oxygen atoms in total. The van der Waals surface area contributed by atoms with Crippen molar-refractivity contribution in [2.24, 2.45) is 0 Å². The van der Waals surface area contributed by atoms with E-state index >= 15 is 0 Å². The van der Waals surface area contributed by atoms with Crippen molar-refractivity contribution in [3.63, 3.8) is 0 Å². The highest BCUT2D eigenvalue weighted by molar-refractivity contribution is 7.99. The average molecular weight is 417 g/mol. The van der Waals surface area contributed by atoms with Gasteiger partial charge in [0, 0.05) is 6.54 Å². The number of amides is 1. The molecule has 1 aliphatic rings. The summed E-state index contributed by atoms with van der Waals surface area (Å²) in [6, 6.07) is 11.5. The van der Waals surface area contributed by atoms with E-state index in [2.05, 4.69) is 15.2 Å². The van der Waals surface area contributed by atoms with Crippen LogP contribution in [0.4, 0.5) is 0 Å². The van der Waals surface area contributed by atoms with Crippen LogP contribution < -0.4 is 9.47 Å². The molecule has 1 aliphatic heterocycles. The van der Waals surface area contributed by atoms with E-state index in [1.807, 2.05) is 48.7 Å². The number of carbonyl (C=O) groups is 1. The van der Waals surface area contributed by atoms with Gasteiger partial charge in [0.1, 0.15) is 6.61 Å². The predicted molar refractivity (Wildman–Crippen MR) is 109 cm³/mol. The Balaban J connectivity index is 1.31. The van der Waals surface area contributed by atoms with E-state index in [1.165, 1.54) is 11.8 Å². The third kappa shape index (κ3) is 4.31. The highest BCUT2D eigenvalue weighted by Crippen LogP contribution is 2.31. The molecule has 0 fully saturated rings. The maximum Gasteiger partial charge on any atom is 0.233 e. The second-order valence-corrected chi connectivity index (χ2v) is 8.05. The summed E-state index contributed by atoms with van der Waals surface area (Å²) in [5, 5.41) is 9.66. The number of rotatable bonds is 7. The second kappa shape index (κ2) is 8.66. The van der Waals surface area contributed by atoms with Crippen molar-refractivity contribution in [3.05, 3.63) is 41.8 Å². The summed E-state index contributed by atoms with van der Waals surface area (Å²) in [4.78, 5) is 19.9. The highest BCUT2D eigenvalue weighted by atomic mass is 32.2. The van der Waals surface area contributed by atoms with Crippen LogP contribution in [0.15, 0.2) is 46.9 Å². The lowest BCUT2D eigenvalue weighted by Crippen LogP contribution is -2.44. The van der Waals surface area contributed by atoms with Crippen LogP contribution in [0.1, 0.15) is 6.92 Å². The van der Waals surface area contributed by atoms with E-state index in [9.17, 15) is 4.79 Å². The van der Waals surface area contributed by atoms with Gasteiger partial charge in [0.2, 0.25) is 11.1 Å². The van der Waals surface area contributed by atoms with E-state index in [0.717, 1.165) is 22.2 Å².